The molecular weight excluding hydrogens is 474 g/mol. The molecule has 5 rings (SSSR count). The maximum absolute atomic E-state index is 13.0. The van der Waals surface area contributed by atoms with E-state index in [0.717, 1.165) is 54.5 Å². The highest BCUT2D eigenvalue weighted by molar-refractivity contribution is 7.89. The monoisotopic (exact) mass is 509 g/mol. The van der Waals surface area contributed by atoms with Crippen LogP contribution < -0.4 is 9.64 Å². The van der Waals surface area contributed by atoms with E-state index in [2.05, 4.69) is 34.9 Å². The Hall–Kier alpha value is -2.75. The molecule has 2 fully saturated rings. The van der Waals surface area contributed by atoms with Crippen LogP contribution in [0.4, 0.5) is 5.82 Å². The summed E-state index contributed by atoms with van der Waals surface area (Å²) >= 11 is 0. The minimum absolute atomic E-state index is 0.306. The minimum Gasteiger partial charge on any atom is -0.497 e. The Morgan fingerprint density at radius 2 is 1.61 bits per heavy atom. The largest absolute Gasteiger partial charge is 0.497 e. The van der Waals surface area contributed by atoms with Crippen molar-refractivity contribution in [1.29, 1.82) is 0 Å². The normalized spacial score (nSPS) is 18.6. The highest BCUT2D eigenvalue weighted by Gasteiger charge is 2.28. The fourth-order valence-corrected chi connectivity index (χ4v) is 6.45. The van der Waals surface area contributed by atoms with Gasteiger partial charge in [-0.3, -0.25) is 0 Å². The van der Waals surface area contributed by atoms with Crippen molar-refractivity contribution in [2.45, 2.75) is 31.1 Å². The summed E-state index contributed by atoms with van der Waals surface area (Å²) in [7, 11) is -1.93. The topological polar surface area (TPSA) is 78.9 Å². The van der Waals surface area contributed by atoms with Crippen LogP contribution in [-0.2, 0) is 16.4 Å². The van der Waals surface area contributed by atoms with Crippen LogP contribution in [0, 0.1) is 5.92 Å². The van der Waals surface area contributed by atoms with E-state index >= 15 is 0 Å². The van der Waals surface area contributed by atoms with E-state index < -0.39 is 10.0 Å². The Morgan fingerprint density at radius 3 is 2.31 bits per heavy atom. The number of hydrogen-bond acceptors (Lipinski definition) is 7. The molecule has 3 aromatic rings. The molecule has 2 aliphatic heterocycles. The number of hydrogen-bond donors (Lipinski definition) is 0. The van der Waals surface area contributed by atoms with E-state index in [-0.39, 0.29) is 0 Å². The molecule has 0 N–H and O–H groups in total. The molecule has 0 saturated carbocycles. The van der Waals surface area contributed by atoms with Crippen molar-refractivity contribution in [3.8, 4) is 5.75 Å². The molecule has 2 aliphatic rings. The van der Waals surface area contributed by atoms with Crippen LogP contribution >= 0.6 is 0 Å². The van der Waals surface area contributed by atoms with Gasteiger partial charge in [-0.15, -0.1) is 0 Å². The predicted molar refractivity (Wildman–Crippen MR) is 142 cm³/mol. The van der Waals surface area contributed by atoms with Crippen molar-refractivity contribution in [2.75, 3.05) is 57.8 Å². The van der Waals surface area contributed by atoms with Gasteiger partial charge in [-0.1, -0.05) is 19.1 Å². The molecule has 3 heterocycles. The average molecular weight is 510 g/mol. The predicted octanol–water partition coefficient (Wildman–Crippen LogP) is 3.42. The van der Waals surface area contributed by atoms with Crippen molar-refractivity contribution in [1.82, 2.24) is 19.2 Å². The average Bonchev–Trinajstić information content (AvgIpc) is 2.92. The highest BCUT2D eigenvalue weighted by atomic mass is 32.2. The summed E-state index contributed by atoms with van der Waals surface area (Å²) in [5, 5.41) is 1.12. The lowest BCUT2D eigenvalue weighted by Gasteiger charge is -2.34. The summed E-state index contributed by atoms with van der Waals surface area (Å²) < 4.78 is 32.8. The SMILES string of the molecule is COc1ccc(S(=O)(=O)N2CCN(CCc3nc(N4CCC(C)CC4)c4ccccc4n3)CC2)cc1. The highest BCUT2D eigenvalue weighted by Crippen LogP contribution is 2.28. The van der Waals surface area contributed by atoms with Crippen molar-refractivity contribution in [3.63, 3.8) is 0 Å². The third kappa shape index (κ3) is 5.33. The van der Waals surface area contributed by atoms with E-state index in [1.54, 1.807) is 35.7 Å². The standard InChI is InChI=1S/C27H35N5O3S/c1-21-11-15-31(16-12-21)27-24-5-3-4-6-25(24)28-26(29-27)13-14-30-17-19-32(20-18-30)36(33,34)23-9-7-22(35-2)8-10-23/h3-10,21H,11-20H2,1-2H3. The molecule has 0 aliphatic carbocycles. The quantitative estimate of drug-likeness (QED) is 0.483. The molecule has 0 spiro atoms. The lowest BCUT2D eigenvalue weighted by molar-refractivity contribution is 0.189. The van der Waals surface area contributed by atoms with Gasteiger partial charge in [-0.05, 0) is 55.2 Å². The Kier molecular flexibility index (Phi) is 7.41. The number of para-hydroxylation sites is 1. The lowest BCUT2D eigenvalue weighted by Crippen LogP contribution is -2.49. The van der Waals surface area contributed by atoms with E-state index in [9.17, 15) is 8.42 Å². The number of piperidine rings is 1. The third-order valence-corrected chi connectivity index (χ3v) is 9.31. The number of fused-ring (bicyclic) bond motifs is 1. The number of ether oxygens (including phenoxy) is 1. The summed E-state index contributed by atoms with van der Waals surface area (Å²) in [5.74, 6) is 3.32. The second-order valence-corrected chi connectivity index (χ2v) is 11.8. The van der Waals surface area contributed by atoms with Crippen LogP contribution in [0.3, 0.4) is 0 Å². The molecule has 2 aromatic carbocycles. The number of aromatic nitrogens is 2. The van der Waals surface area contributed by atoms with Crippen LogP contribution in [0.2, 0.25) is 0 Å². The van der Waals surface area contributed by atoms with Gasteiger partial charge in [-0.25, -0.2) is 18.4 Å². The fourth-order valence-electron chi connectivity index (χ4n) is 5.03. The summed E-state index contributed by atoms with van der Waals surface area (Å²) in [6.45, 7) is 7.54. The third-order valence-electron chi connectivity index (χ3n) is 7.39. The summed E-state index contributed by atoms with van der Waals surface area (Å²) in [6, 6.07) is 14.9. The second-order valence-electron chi connectivity index (χ2n) is 9.82. The molecule has 0 amide bonds. The number of piperazine rings is 1. The number of benzene rings is 2. The molecule has 192 valence electrons. The summed E-state index contributed by atoms with van der Waals surface area (Å²) in [5.41, 5.74) is 0.992. The van der Waals surface area contributed by atoms with Crippen LogP contribution in [-0.4, -0.2) is 80.5 Å². The van der Waals surface area contributed by atoms with E-state index in [1.807, 2.05) is 6.07 Å². The number of nitrogens with zero attached hydrogens (tertiary/aromatic N) is 5. The molecule has 2 saturated heterocycles. The molecule has 1 aromatic heterocycles. The zero-order valence-electron chi connectivity index (χ0n) is 21.1. The first-order chi connectivity index (χ1) is 17.4. The van der Waals surface area contributed by atoms with Gasteiger partial charge in [0.15, 0.2) is 0 Å². The maximum Gasteiger partial charge on any atom is 0.243 e. The van der Waals surface area contributed by atoms with Gasteiger partial charge in [0.05, 0.1) is 17.5 Å². The van der Waals surface area contributed by atoms with Crippen molar-refractivity contribution in [2.24, 2.45) is 5.92 Å². The van der Waals surface area contributed by atoms with E-state index in [4.69, 9.17) is 14.7 Å². The van der Waals surface area contributed by atoms with Crippen LogP contribution in [0.1, 0.15) is 25.6 Å². The van der Waals surface area contributed by atoms with Crippen LogP contribution in [0.5, 0.6) is 5.75 Å². The number of sulfonamides is 1. The van der Waals surface area contributed by atoms with Gasteiger partial charge in [-0.2, -0.15) is 4.31 Å². The molecule has 0 bridgehead atoms. The van der Waals surface area contributed by atoms with Crippen LogP contribution in [0.25, 0.3) is 10.9 Å². The number of methoxy groups -OCH3 is 1. The van der Waals surface area contributed by atoms with Gasteiger partial charge >= 0.3 is 0 Å². The van der Waals surface area contributed by atoms with E-state index in [0.29, 0.717) is 36.8 Å². The molecule has 0 atom stereocenters. The summed E-state index contributed by atoms with van der Waals surface area (Å²) in [6.07, 6.45) is 3.13. The van der Waals surface area contributed by atoms with E-state index in [1.165, 1.54) is 12.8 Å². The zero-order chi connectivity index (χ0) is 25.1. The van der Waals surface area contributed by atoms with Gasteiger partial charge in [0.1, 0.15) is 17.4 Å². The first kappa shape index (κ1) is 24.9. The molecule has 0 radical (unpaired) electrons. The molecule has 9 heteroatoms. The molecular formula is C27H35N5O3S. The van der Waals surface area contributed by atoms with Gasteiger partial charge in [0, 0.05) is 57.6 Å². The van der Waals surface area contributed by atoms with Gasteiger partial charge in [0.25, 0.3) is 0 Å². The lowest BCUT2D eigenvalue weighted by atomic mass is 9.99. The smallest absolute Gasteiger partial charge is 0.243 e. The van der Waals surface area contributed by atoms with Gasteiger partial charge < -0.3 is 14.5 Å². The van der Waals surface area contributed by atoms with Gasteiger partial charge in [0.2, 0.25) is 10.0 Å². The van der Waals surface area contributed by atoms with Crippen molar-refractivity contribution >= 4 is 26.7 Å². The fraction of sp³-hybridized carbons (Fsp3) is 0.481. The second kappa shape index (κ2) is 10.7. The van der Waals surface area contributed by atoms with Crippen molar-refractivity contribution in [3.05, 3.63) is 54.4 Å². The zero-order valence-corrected chi connectivity index (χ0v) is 22.0. The Bertz CT molecular complexity index is 1280. The molecule has 0 unspecified atom stereocenters. The summed E-state index contributed by atoms with van der Waals surface area (Å²) in [4.78, 5) is 14.9. The minimum atomic E-state index is -3.50. The Labute approximate surface area is 213 Å². The first-order valence-corrected chi connectivity index (χ1v) is 14.3. The molecule has 8 nitrogen and oxygen atoms in total. The first-order valence-electron chi connectivity index (χ1n) is 12.8. The van der Waals surface area contributed by atoms with Crippen molar-refractivity contribution < 1.29 is 13.2 Å². The van der Waals surface area contributed by atoms with Crippen LogP contribution in [0.15, 0.2) is 53.4 Å². The molecule has 36 heavy (non-hydrogen) atoms. The number of rotatable bonds is 7. The number of anilines is 1. The Morgan fingerprint density at radius 1 is 0.917 bits per heavy atom. The Balaban J connectivity index is 1.23. The maximum atomic E-state index is 13.0.